The molecule has 1 amide bonds. The zero-order valence-corrected chi connectivity index (χ0v) is 13.9. The Bertz CT molecular complexity index is 668. The fraction of sp³-hybridized carbons (Fsp3) is 0.400. The summed E-state index contributed by atoms with van der Waals surface area (Å²) >= 11 is 1.28. The molecule has 0 saturated heterocycles. The summed E-state index contributed by atoms with van der Waals surface area (Å²) in [5, 5.41) is 11.5. The van der Waals surface area contributed by atoms with Crippen molar-refractivity contribution in [2.45, 2.75) is 38.8 Å². The molecule has 2 rings (SSSR count). The Labute approximate surface area is 134 Å². The number of carbonyl (C=O) groups is 1. The molecule has 2 aromatic rings. The standard InChI is InChI=1S/C15H21N5OS/c1-4-11-8-6-7-10(3)14(11)17-13(21)9-22-15-19-18-12(5-2)20(15)16/h6-8H,4-5,9,16H2,1-3H3,(H,17,21). The van der Waals surface area contributed by atoms with Gasteiger partial charge in [0.15, 0.2) is 5.82 Å². The molecule has 22 heavy (non-hydrogen) atoms. The van der Waals surface area contributed by atoms with Crippen molar-refractivity contribution >= 4 is 23.4 Å². The number of rotatable bonds is 6. The van der Waals surface area contributed by atoms with Gasteiger partial charge in [-0.25, -0.2) is 4.68 Å². The first-order valence-electron chi connectivity index (χ1n) is 7.27. The van der Waals surface area contributed by atoms with E-state index in [4.69, 9.17) is 5.84 Å². The zero-order valence-electron chi connectivity index (χ0n) is 13.1. The summed E-state index contributed by atoms with van der Waals surface area (Å²) in [5.74, 6) is 6.74. The molecule has 0 aliphatic heterocycles. The van der Waals surface area contributed by atoms with Gasteiger partial charge in [-0.2, -0.15) is 0 Å². The number of hydrogen-bond acceptors (Lipinski definition) is 5. The average Bonchev–Trinajstić information content (AvgIpc) is 2.87. The van der Waals surface area contributed by atoms with E-state index in [-0.39, 0.29) is 11.7 Å². The van der Waals surface area contributed by atoms with Crippen molar-refractivity contribution in [1.82, 2.24) is 14.9 Å². The van der Waals surface area contributed by atoms with E-state index in [1.54, 1.807) is 0 Å². The highest BCUT2D eigenvalue weighted by Crippen LogP contribution is 2.22. The van der Waals surface area contributed by atoms with Crippen LogP contribution in [0, 0.1) is 6.92 Å². The summed E-state index contributed by atoms with van der Waals surface area (Å²) < 4.78 is 1.43. The normalized spacial score (nSPS) is 10.7. The number of nitrogens with two attached hydrogens (primary N) is 1. The molecule has 0 atom stereocenters. The number of benzene rings is 1. The molecule has 0 aliphatic rings. The summed E-state index contributed by atoms with van der Waals surface area (Å²) in [4.78, 5) is 12.2. The second kappa shape index (κ2) is 7.31. The molecular formula is C15H21N5OS. The quantitative estimate of drug-likeness (QED) is 0.629. The van der Waals surface area contributed by atoms with E-state index in [2.05, 4.69) is 22.4 Å². The molecule has 0 spiro atoms. The van der Waals surface area contributed by atoms with Crippen molar-refractivity contribution in [1.29, 1.82) is 0 Å². The Morgan fingerprint density at radius 1 is 1.32 bits per heavy atom. The Hall–Kier alpha value is -2.02. The predicted octanol–water partition coefficient (Wildman–Crippen LogP) is 2.16. The highest BCUT2D eigenvalue weighted by molar-refractivity contribution is 7.99. The van der Waals surface area contributed by atoms with Gasteiger partial charge < -0.3 is 11.2 Å². The number of nitrogens with zero attached hydrogens (tertiary/aromatic N) is 3. The molecule has 0 aliphatic carbocycles. The van der Waals surface area contributed by atoms with Crippen molar-refractivity contribution in [3.63, 3.8) is 0 Å². The number of thioether (sulfide) groups is 1. The number of anilines is 1. The molecule has 0 bridgehead atoms. The molecule has 0 fully saturated rings. The van der Waals surface area contributed by atoms with E-state index in [9.17, 15) is 4.79 Å². The Kier molecular flexibility index (Phi) is 5.43. The molecule has 6 nitrogen and oxygen atoms in total. The lowest BCUT2D eigenvalue weighted by molar-refractivity contribution is -0.113. The van der Waals surface area contributed by atoms with Crippen LogP contribution in [0.2, 0.25) is 0 Å². The summed E-state index contributed by atoms with van der Waals surface area (Å²) in [6, 6.07) is 6.02. The summed E-state index contributed by atoms with van der Waals surface area (Å²) in [6.07, 6.45) is 1.58. The fourth-order valence-corrected chi connectivity index (χ4v) is 2.83. The lowest BCUT2D eigenvalue weighted by atomic mass is 10.1. The molecule has 3 N–H and O–H groups in total. The minimum absolute atomic E-state index is 0.0740. The summed E-state index contributed by atoms with van der Waals surface area (Å²) in [7, 11) is 0. The van der Waals surface area contributed by atoms with Crippen molar-refractivity contribution in [3.8, 4) is 0 Å². The zero-order chi connectivity index (χ0) is 16.1. The van der Waals surface area contributed by atoms with E-state index >= 15 is 0 Å². The van der Waals surface area contributed by atoms with Crippen LogP contribution in [0.25, 0.3) is 0 Å². The average molecular weight is 319 g/mol. The number of hydrogen-bond donors (Lipinski definition) is 2. The monoisotopic (exact) mass is 319 g/mol. The molecule has 7 heteroatoms. The van der Waals surface area contributed by atoms with Gasteiger partial charge in [0.25, 0.3) is 0 Å². The number of carbonyl (C=O) groups excluding carboxylic acids is 1. The van der Waals surface area contributed by atoms with Gasteiger partial charge in [0, 0.05) is 12.1 Å². The minimum Gasteiger partial charge on any atom is -0.336 e. The van der Waals surface area contributed by atoms with Crippen molar-refractivity contribution in [3.05, 3.63) is 35.2 Å². The minimum atomic E-state index is -0.0740. The van der Waals surface area contributed by atoms with E-state index < -0.39 is 0 Å². The van der Waals surface area contributed by atoms with Gasteiger partial charge in [0.2, 0.25) is 11.1 Å². The summed E-state index contributed by atoms with van der Waals surface area (Å²) in [6.45, 7) is 6.02. The van der Waals surface area contributed by atoms with Gasteiger partial charge in [-0.15, -0.1) is 10.2 Å². The maximum Gasteiger partial charge on any atom is 0.234 e. The van der Waals surface area contributed by atoms with Crippen LogP contribution in [0.3, 0.4) is 0 Å². The first-order valence-corrected chi connectivity index (χ1v) is 8.25. The number of amides is 1. The third-order valence-electron chi connectivity index (χ3n) is 3.39. The molecular weight excluding hydrogens is 298 g/mol. The van der Waals surface area contributed by atoms with E-state index in [1.165, 1.54) is 16.4 Å². The van der Waals surface area contributed by atoms with Gasteiger partial charge in [0.05, 0.1) is 5.75 Å². The molecule has 1 heterocycles. The van der Waals surface area contributed by atoms with Gasteiger partial charge in [0.1, 0.15) is 0 Å². The first kappa shape index (κ1) is 16.4. The largest absolute Gasteiger partial charge is 0.336 e. The van der Waals surface area contributed by atoms with Crippen LogP contribution in [0.1, 0.15) is 30.8 Å². The van der Waals surface area contributed by atoms with Crippen LogP contribution in [0.15, 0.2) is 23.4 Å². The third-order valence-corrected chi connectivity index (χ3v) is 4.33. The highest BCUT2D eigenvalue weighted by atomic mass is 32.2. The summed E-state index contributed by atoms with van der Waals surface area (Å²) in [5.41, 5.74) is 3.10. The number of nitrogens with one attached hydrogen (secondary N) is 1. The number of aromatic nitrogens is 3. The van der Waals surface area contributed by atoms with Gasteiger partial charge in [-0.1, -0.05) is 43.8 Å². The Balaban J connectivity index is 2.00. The second-order valence-corrected chi connectivity index (χ2v) is 5.86. The van der Waals surface area contributed by atoms with Crippen molar-refractivity contribution < 1.29 is 4.79 Å². The fourth-order valence-electron chi connectivity index (χ4n) is 2.15. The lowest BCUT2D eigenvalue weighted by Crippen LogP contribution is -2.18. The Morgan fingerprint density at radius 3 is 2.73 bits per heavy atom. The number of para-hydroxylation sites is 1. The maximum atomic E-state index is 12.2. The maximum absolute atomic E-state index is 12.2. The smallest absolute Gasteiger partial charge is 0.234 e. The van der Waals surface area contributed by atoms with Crippen LogP contribution < -0.4 is 11.2 Å². The lowest BCUT2D eigenvalue weighted by Gasteiger charge is -2.12. The number of aryl methyl sites for hydroxylation is 3. The SMILES string of the molecule is CCc1cccc(C)c1NC(=O)CSc1nnc(CC)n1N. The predicted molar refractivity (Wildman–Crippen MR) is 89.5 cm³/mol. The van der Waals surface area contributed by atoms with Crippen molar-refractivity contribution in [2.75, 3.05) is 16.9 Å². The topological polar surface area (TPSA) is 85.8 Å². The van der Waals surface area contributed by atoms with Gasteiger partial charge in [-0.3, -0.25) is 4.79 Å². The van der Waals surface area contributed by atoms with Crippen LogP contribution in [0.4, 0.5) is 5.69 Å². The van der Waals surface area contributed by atoms with Crippen LogP contribution in [-0.2, 0) is 17.6 Å². The van der Waals surface area contributed by atoms with Crippen LogP contribution in [0.5, 0.6) is 0 Å². The van der Waals surface area contributed by atoms with E-state index in [0.29, 0.717) is 17.4 Å². The molecule has 0 saturated carbocycles. The molecule has 0 radical (unpaired) electrons. The molecule has 1 aromatic heterocycles. The van der Waals surface area contributed by atoms with Crippen molar-refractivity contribution in [2.24, 2.45) is 0 Å². The third kappa shape index (κ3) is 3.59. The van der Waals surface area contributed by atoms with E-state index in [0.717, 1.165) is 23.2 Å². The van der Waals surface area contributed by atoms with Gasteiger partial charge >= 0.3 is 0 Å². The first-order chi connectivity index (χ1) is 10.6. The molecule has 1 aromatic carbocycles. The molecule has 0 unspecified atom stereocenters. The van der Waals surface area contributed by atoms with Crippen LogP contribution >= 0.6 is 11.8 Å². The van der Waals surface area contributed by atoms with Gasteiger partial charge in [-0.05, 0) is 24.5 Å². The Morgan fingerprint density at radius 2 is 2.09 bits per heavy atom. The van der Waals surface area contributed by atoms with Crippen LogP contribution in [-0.4, -0.2) is 26.5 Å². The number of nitrogen functional groups attached to an aromatic ring is 1. The van der Waals surface area contributed by atoms with E-state index in [1.807, 2.05) is 32.0 Å². The molecule has 118 valence electrons. The highest BCUT2D eigenvalue weighted by Gasteiger charge is 2.13. The second-order valence-electron chi connectivity index (χ2n) is 4.92.